The fourth-order valence-electron chi connectivity index (χ4n) is 4.22. The van der Waals surface area contributed by atoms with Crippen molar-refractivity contribution >= 4 is 11.6 Å². The Labute approximate surface area is 153 Å². The SMILES string of the molecule is C=CCN1c2cccnc2-n2cccc2[C@]12CCN(C(=O)COCC)C2. The minimum absolute atomic E-state index is 0.0531. The zero-order valence-electron chi connectivity index (χ0n) is 15.1. The fourth-order valence-corrected chi connectivity index (χ4v) is 4.22. The molecular formula is C20H24N4O2. The minimum atomic E-state index is -0.268. The fraction of sp³-hybridized carbons (Fsp3) is 0.400. The van der Waals surface area contributed by atoms with Crippen molar-refractivity contribution in [2.45, 2.75) is 18.9 Å². The zero-order valence-corrected chi connectivity index (χ0v) is 15.1. The average Bonchev–Trinajstić information content (AvgIpc) is 3.32. The number of pyridine rings is 1. The van der Waals surface area contributed by atoms with Crippen LogP contribution in [0.2, 0.25) is 0 Å². The largest absolute Gasteiger partial charge is 0.372 e. The van der Waals surface area contributed by atoms with Crippen molar-refractivity contribution in [3.63, 3.8) is 0 Å². The van der Waals surface area contributed by atoms with Gasteiger partial charge in [0.1, 0.15) is 12.1 Å². The average molecular weight is 352 g/mol. The van der Waals surface area contributed by atoms with E-state index in [2.05, 4.69) is 45.4 Å². The molecule has 2 aromatic heterocycles. The number of aromatic nitrogens is 2. The van der Waals surface area contributed by atoms with Crippen molar-refractivity contribution in [2.75, 3.05) is 37.7 Å². The molecule has 2 aliphatic heterocycles. The third-order valence-corrected chi connectivity index (χ3v) is 5.37. The van der Waals surface area contributed by atoms with Gasteiger partial charge in [-0.3, -0.25) is 4.79 Å². The lowest BCUT2D eigenvalue weighted by molar-refractivity contribution is -0.135. The molecule has 136 valence electrons. The van der Waals surface area contributed by atoms with E-state index in [4.69, 9.17) is 4.74 Å². The molecule has 0 unspecified atom stereocenters. The Balaban J connectivity index is 1.76. The monoisotopic (exact) mass is 352 g/mol. The maximum Gasteiger partial charge on any atom is 0.248 e. The summed E-state index contributed by atoms with van der Waals surface area (Å²) in [5.74, 6) is 0.983. The van der Waals surface area contributed by atoms with Gasteiger partial charge >= 0.3 is 0 Å². The van der Waals surface area contributed by atoms with E-state index in [0.29, 0.717) is 19.7 Å². The van der Waals surface area contributed by atoms with E-state index in [1.54, 1.807) is 0 Å². The quantitative estimate of drug-likeness (QED) is 0.775. The second kappa shape index (κ2) is 6.61. The third-order valence-electron chi connectivity index (χ3n) is 5.37. The standard InChI is InChI=1S/C20H24N4O2/c1-3-11-24-16-7-5-10-21-19(16)23-12-6-8-17(23)20(24)9-13-22(15-20)18(25)14-26-4-2/h3,5-8,10,12H,1,4,9,11,13-15H2,2H3/t20-/m1/s1. The van der Waals surface area contributed by atoms with Gasteiger partial charge in [0.25, 0.3) is 0 Å². The first-order chi connectivity index (χ1) is 12.7. The molecule has 1 spiro atoms. The van der Waals surface area contributed by atoms with Gasteiger partial charge in [-0.15, -0.1) is 6.58 Å². The van der Waals surface area contributed by atoms with E-state index in [0.717, 1.165) is 24.5 Å². The number of nitrogens with zero attached hydrogens (tertiary/aromatic N) is 4. The lowest BCUT2D eigenvalue weighted by Gasteiger charge is -2.46. The number of rotatable bonds is 5. The molecule has 1 atom stereocenters. The Morgan fingerprint density at radius 2 is 2.31 bits per heavy atom. The summed E-state index contributed by atoms with van der Waals surface area (Å²) in [7, 11) is 0. The second-order valence-corrected chi connectivity index (χ2v) is 6.74. The highest BCUT2D eigenvalue weighted by Crippen LogP contribution is 2.46. The van der Waals surface area contributed by atoms with Crippen LogP contribution in [0, 0.1) is 0 Å². The zero-order chi connectivity index (χ0) is 18.1. The molecule has 0 aliphatic carbocycles. The molecule has 0 aromatic carbocycles. The molecule has 2 aromatic rings. The highest BCUT2D eigenvalue weighted by Gasteiger charge is 2.50. The summed E-state index contributed by atoms with van der Waals surface area (Å²) in [5.41, 5.74) is 1.99. The van der Waals surface area contributed by atoms with Crippen molar-refractivity contribution in [2.24, 2.45) is 0 Å². The van der Waals surface area contributed by atoms with Gasteiger partial charge in [0.15, 0.2) is 5.82 Å². The van der Waals surface area contributed by atoms with E-state index in [1.165, 1.54) is 5.69 Å². The Bertz CT molecular complexity index is 831. The molecule has 0 radical (unpaired) electrons. The van der Waals surface area contributed by atoms with Crippen LogP contribution in [0.5, 0.6) is 0 Å². The first-order valence-corrected chi connectivity index (χ1v) is 9.08. The number of anilines is 1. The molecule has 1 fully saturated rings. The molecule has 2 aliphatic rings. The van der Waals surface area contributed by atoms with Crippen molar-refractivity contribution in [3.8, 4) is 5.82 Å². The summed E-state index contributed by atoms with van der Waals surface area (Å²) in [6.07, 6.45) is 6.66. The van der Waals surface area contributed by atoms with Crippen LogP contribution >= 0.6 is 0 Å². The number of likely N-dealkylation sites (tertiary alicyclic amines) is 1. The van der Waals surface area contributed by atoms with E-state index >= 15 is 0 Å². The molecule has 1 saturated heterocycles. The molecule has 4 heterocycles. The lowest BCUT2D eigenvalue weighted by Crippen LogP contribution is -2.53. The molecule has 0 N–H and O–H groups in total. The van der Waals surface area contributed by atoms with Gasteiger partial charge in [-0.05, 0) is 37.6 Å². The predicted molar refractivity (Wildman–Crippen MR) is 100 cm³/mol. The van der Waals surface area contributed by atoms with E-state index in [1.807, 2.05) is 30.2 Å². The lowest BCUT2D eigenvalue weighted by atomic mass is 9.89. The van der Waals surface area contributed by atoms with Gasteiger partial charge < -0.3 is 19.1 Å². The van der Waals surface area contributed by atoms with Crippen LogP contribution in [0.1, 0.15) is 19.0 Å². The summed E-state index contributed by atoms with van der Waals surface area (Å²) in [6, 6.07) is 8.26. The minimum Gasteiger partial charge on any atom is -0.372 e. The van der Waals surface area contributed by atoms with E-state index < -0.39 is 0 Å². The molecular weight excluding hydrogens is 328 g/mol. The Morgan fingerprint density at radius 3 is 3.12 bits per heavy atom. The number of hydrogen-bond donors (Lipinski definition) is 0. The van der Waals surface area contributed by atoms with E-state index in [9.17, 15) is 4.79 Å². The molecule has 4 rings (SSSR count). The number of hydrogen-bond acceptors (Lipinski definition) is 4. The molecule has 0 saturated carbocycles. The van der Waals surface area contributed by atoms with Gasteiger partial charge in [-0.1, -0.05) is 6.08 Å². The molecule has 26 heavy (non-hydrogen) atoms. The number of carbonyl (C=O) groups excluding carboxylic acids is 1. The van der Waals surface area contributed by atoms with Crippen molar-refractivity contribution < 1.29 is 9.53 Å². The van der Waals surface area contributed by atoms with Gasteiger partial charge in [0.2, 0.25) is 5.91 Å². The van der Waals surface area contributed by atoms with Gasteiger partial charge in [-0.2, -0.15) is 0 Å². The normalized spacial score (nSPS) is 21.0. The first kappa shape index (κ1) is 16.8. The number of amides is 1. The van der Waals surface area contributed by atoms with E-state index in [-0.39, 0.29) is 18.1 Å². The van der Waals surface area contributed by atoms with Crippen molar-refractivity contribution in [1.29, 1.82) is 0 Å². The van der Waals surface area contributed by atoms with Crippen LogP contribution in [0.15, 0.2) is 49.3 Å². The van der Waals surface area contributed by atoms with Gasteiger partial charge in [0.05, 0.1) is 11.4 Å². The Hall–Kier alpha value is -2.60. The van der Waals surface area contributed by atoms with Crippen LogP contribution in [-0.4, -0.2) is 53.2 Å². The molecule has 6 nitrogen and oxygen atoms in total. The molecule has 1 amide bonds. The van der Waals surface area contributed by atoms with Gasteiger partial charge in [-0.25, -0.2) is 4.98 Å². The second-order valence-electron chi connectivity index (χ2n) is 6.74. The van der Waals surface area contributed by atoms with Crippen molar-refractivity contribution in [3.05, 3.63) is 55.0 Å². The number of ether oxygens (including phenoxy) is 1. The van der Waals surface area contributed by atoms with Gasteiger partial charge in [0, 0.05) is 38.6 Å². The predicted octanol–water partition coefficient (Wildman–Crippen LogP) is 2.34. The number of carbonyl (C=O) groups is 1. The maximum absolute atomic E-state index is 12.5. The summed E-state index contributed by atoms with van der Waals surface area (Å²) in [5, 5.41) is 0. The molecule has 6 heteroatoms. The van der Waals surface area contributed by atoms with Crippen LogP contribution in [-0.2, 0) is 15.1 Å². The van der Waals surface area contributed by atoms with Crippen LogP contribution < -0.4 is 4.90 Å². The first-order valence-electron chi connectivity index (χ1n) is 9.08. The number of fused-ring (bicyclic) bond motifs is 4. The summed E-state index contributed by atoms with van der Waals surface area (Å²) >= 11 is 0. The van der Waals surface area contributed by atoms with Crippen LogP contribution in [0.3, 0.4) is 0 Å². The Morgan fingerprint density at radius 1 is 1.42 bits per heavy atom. The topological polar surface area (TPSA) is 50.6 Å². The smallest absolute Gasteiger partial charge is 0.248 e. The summed E-state index contributed by atoms with van der Waals surface area (Å²) < 4.78 is 7.49. The third kappa shape index (κ3) is 2.44. The maximum atomic E-state index is 12.5. The van der Waals surface area contributed by atoms with Crippen LogP contribution in [0.25, 0.3) is 5.82 Å². The molecule has 0 bridgehead atoms. The summed E-state index contributed by atoms with van der Waals surface area (Å²) in [6.45, 7) is 8.63. The Kier molecular flexibility index (Phi) is 4.28. The summed E-state index contributed by atoms with van der Waals surface area (Å²) in [4.78, 5) is 21.4. The highest BCUT2D eigenvalue weighted by molar-refractivity contribution is 5.78. The van der Waals surface area contributed by atoms with Crippen molar-refractivity contribution in [1.82, 2.24) is 14.5 Å². The highest BCUT2D eigenvalue weighted by atomic mass is 16.5. The van der Waals surface area contributed by atoms with Crippen LogP contribution in [0.4, 0.5) is 5.69 Å².